The van der Waals surface area contributed by atoms with Crippen molar-refractivity contribution in [1.29, 1.82) is 0 Å². The molecule has 0 aliphatic rings. The average molecular weight is 257 g/mol. The van der Waals surface area contributed by atoms with E-state index < -0.39 is 0 Å². The lowest BCUT2D eigenvalue weighted by atomic mass is 10.0. The van der Waals surface area contributed by atoms with Gasteiger partial charge in [-0.25, -0.2) is 0 Å². The molecule has 2 rings (SSSR count). The van der Waals surface area contributed by atoms with Crippen molar-refractivity contribution in [1.82, 2.24) is 15.3 Å². The first-order chi connectivity index (χ1) is 9.35. The van der Waals surface area contributed by atoms with Crippen LogP contribution in [0.3, 0.4) is 0 Å². The molecular formula is C15H19N3O. The van der Waals surface area contributed by atoms with E-state index in [0.717, 1.165) is 30.0 Å². The summed E-state index contributed by atoms with van der Waals surface area (Å²) in [5, 5.41) is 3.26. The van der Waals surface area contributed by atoms with E-state index in [4.69, 9.17) is 4.74 Å². The molecule has 0 saturated heterocycles. The summed E-state index contributed by atoms with van der Waals surface area (Å²) in [6.07, 6.45) is 6.17. The van der Waals surface area contributed by atoms with Crippen molar-refractivity contribution in [3.63, 3.8) is 0 Å². The van der Waals surface area contributed by atoms with Gasteiger partial charge in [-0.3, -0.25) is 9.97 Å². The summed E-state index contributed by atoms with van der Waals surface area (Å²) in [6.45, 7) is 2.83. The van der Waals surface area contributed by atoms with Crippen LogP contribution in [0.15, 0.2) is 42.9 Å². The molecule has 4 nitrogen and oxygen atoms in total. The van der Waals surface area contributed by atoms with Crippen LogP contribution in [0.25, 0.3) is 0 Å². The topological polar surface area (TPSA) is 47.0 Å². The van der Waals surface area contributed by atoms with Gasteiger partial charge < -0.3 is 10.1 Å². The molecule has 0 saturated carbocycles. The zero-order valence-electron chi connectivity index (χ0n) is 11.3. The first-order valence-electron chi connectivity index (χ1n) is 6.51. The minimum absolute atomic E-state index is 0.0267. The largest absolute Gasteiger partial charge is 0.494 e. The third-order valence-electron chi connectivity index (χ3n) is 2.83. The summed E-state index contributed by atoms with van der Waals surface area (Å²) in [4.78, 5) is 8.47. The van der Waals surface area contributed by atoms with Crippen LogP contribution in [0.2, 0.25) is 0 Å². The van der Waals surface area contributed by atoms with Crippen molar-refractivity contribution in [3.05, 3.63) is 54.1 Å². The van der Waals surface area contributed by atoms with Gasteiger partial charge in [-0.1, -0.05) is 19.1 Å². The molecule has 0 aliphatic carbocycles. The van der Waals surface area contributed by atoms with Gasteiger partial charge in [0.25, 0.3) is 0 Å². The SMILES string of the molecule is CCCOc1cccc(C(NC)c2cnccn2)c1. The van der Waals surface area contributed by atoms with Gasteiger partial charge in [0.2, 0.25) is 0 Å². The van der Waals surface area contributed by atoms with E-state index in [1.54, 1.807) is 18.6 Å². The zero-order valence-corrected chi connectivity index (χ0v) is 11.3. The molecule has 4 heteroatoms. The molecule has 1 atom stereocenters. The Labute approximate surface area is 113 Å². The van der Waals surface area contributed by atoms with Crippen molar-refractivity contribution in [2.45, 2.75) is 19.4 Å². The van der Waals surface area contributed by atoms with Crippen LogP contribution in [0.4, 0.5) is 0 Å². The van der Waals surface area contributed by atoms with Crippen molar-refractivity contribution in [2.24, 2.45) is 0 Å². The highest BCUT2D eigenvalue weighted by molar-refractivity contribution is 5.34. The number of nitrogens with zero attached hydrogens (tertiary/aromatic N) is 2. The number of benzene rings is 1. The maximum Gasteiger partial charge on any atom is 0.119 e. The lowest BCUT2D eigenvalue weighted by Crippen LogP contribution is -2.19. The molecule has 1 N–H and O–H groups in total. The van der Waals surface area contributed by atoms with Gasteiger partial charge in [0.1, 0.15) is 5.75 Å². The van der Waals surface area contributed by atoms with E-state index in [9.17, 15) is 0 Å². The smallest absolute Gasteiger partial charge is 0.119 e. The van der Waals surface area contributed by atoms with Crippen LogP contribution in [-0.4, -0.2) is 23.6 Å². The molecule has 2 aromatic rings. The number of hydrogen-bond donors (Lipinski definition) is 1. The molecule has 0 aliphatic heterocycles. The van der Waals surface area contributed by atoms with E-state index >= 15 is 0 Å². The molecule has 0 amide bonds. The Bertz CT molecular complexity index is 502. The molecule has 100 valence electrons. The molecule has 1 heterocycles. The number of nitrogens with one attached hydrogen (secondary N) is 1. The highest BCUT2D eigenvalue weighted by atomic mass is 16.5. The van der Waals surface area contributed by atoms with E-state index in [1.807, 2.05) is 25.2 Å². The van der Waals surface area contributed by atoms with Crippen LogP contribution < -0.4 is 10.1 Å². The zero-order chi connectivity index (χ0) is 13.5. The van der Waals surface area contributed by atoms with Crippen LogP contribution in [0.5, 0.6) is 5.75 Å². The molecular weight excluding hydrogens is 238 g/mol. The van der Waals surface area contributed by atoms with Gasteiger partial charge in [-0.05, 0) is 31.2 Å². The Morgan fingerprint density at radius 1 is 1.32 bits per heavy atom. The molecule has 0 radical (unpaired) electrons. The van der Waals surface area contributed by atoms with E-state index in [-0.39, 0.29) is 6.04 Å². The van der Waals surface area contributed by atoms with Gasteiger partial charge in [-0.15, -0.1) is 0 Å². The molecule has 0 bridgehead atoms. The molecule has 1 unspecified atom stereocenters. The number of rotatable bonds is 6. The predicted molar refractivity (Wildman–Crippen MR) is 75.2 cm³/mol. The minimum Gasteiger partial charge on any atom is -0.494 e. The number of aromatic nitrogens is 2. The highest BCUT2D eigenvalue weighted by Crippen LogP contribution is 2.23. The van der Waals surface area contributed by atoms with Crippen molar-refractivity contribution >= 4 is 0 Å². The quantitative estimate of drug-likeness (QED) is 0.864. The van der Waals surface area contributed by atoms with E-state index in [0.29, 0.717) is 0 Å². The van der Waals surface area contributed by atoms with Crippen molar-refractivity contribution in [3.8, 4) is 5.75 Å². The van der Waals surface area contributed by atoms with Crippen LogP contribution in [-0.2, 0) is 0 Å². The first-order valence-corrected chi connectivity index (χ1v) is 6.51. The summed E-state index contributed by atoms with van der Waals surface area (Å²) in [6, 6.07) is 8.11. The summed E-state index contributed by atoms with van der Waals surface area (Å²) >= 11 is 0. The second-order valence-corrected chi connectivity index (χ2v) is 4.27. The van der Waals surface area contributed by atoms with Gasteiger partial charge in [-0.2, -0.15) is 0 Å². The molecule has 1 aromatic carbocycles. The van der Waals surface area contributed by atoms with Gasteiger partial charge in [0, 0.05) is 12.4 Å². The third-order valence-corrected chi connectivity index (χ3v) is 2.83. The average Bonchev–Trinajstić information content (AvgIpc) is 2.47. The van der Waals surface area contributed by atoms with Crippen molar-refractivity contribution in [2.75, 3.05) is 13.7 Å². The summed E-state index contributed by atoms with van der Waals surface area (Å²) < 4.78 is 5.66. The second-order valence-electron chi connectivity index (χ2n) is 4.27. The Hall–Kier alpha value is -1.94. The van der Waals surface area contributed by atoms with Crippen molar-refractivity contribution < 1.29 is 4.74 Å². The maximum atomic E-state index is 5.66. The Balaban J connectivity index is 2.23. The highest BCUT2D eigenvalue weighted by Gasteiger charge is 2.13. The van der Waals surface area contributed by atoms with Crippen LogP contribution in [0, 0.1) is 0 Å². The van der Waals surface area contributed by atoms with Gasteiger partial charge in [0.05, 0.1) is 24.5 Å². The Morgan fingerprint density at radius 2 is 2.21 bits per heavy atom. The molecule has 0 fully saturated rings. The summed E-state index contributed by atoms with van der Waals surface area (Å²) in [7, 11) is 1.92. The lowest BCUT2D eigenvalue weighted by molar-refractivity contribution is 0.317. The third kappa shape index (κ3) is 3.51. The van der Waals surface area contributed by atoms with Gasteiger partial charge in [0.15, 0.2) is 0 Å². The monoisotopic (exact) mass is 257 g/mol. The summed E-state index contributed by atoms with van der Waals surface area (Å²) in [5.41, 5.74) is 2.02. The number of hydrogen-bond acceptors (Lipinski definition) is 4. The fourth-order valence-electron chi connectivity index (χ4n) is 1.95. The van der Waals surface area contributed by atoms with E-state index in [1.165, 1.54) is 0 Å². The molecule has 19 heavy (non-hydrogen) atoms. The Morgan fingerprint density at radius 3 is 2.89 bits per heavy atom. The standard InChI is InChI=1S/C15H19N3O/c1-3-9-19-13-6-4-5-12(10-13)15(16-2)14-11-17-7-8-18-14/h4-8,10-11,15-16H,3,9H2,1-2H3. The van der Waals surface area contributed by atoms with Gasteiger partial charge >= 0.3 is 0 Å². The fourth-order valence-corrected chi connectivity index (χ4v) is 1.95. The normalized spacial score (nSPS) is 12.1. The second kappa shape index (κ2) is 6.85. The minimum atomic E-state index is 0.0267. The summed E-state index contributed by atoms with van der Waals surface area (Å²) in [5.74, 6) is 0.892. The van der Waals surface area contributed by atoms with Crippen LogP contribution in [0.1, 0.15) is 30.6 Å². The maximum absolute atomic E-state index is 5.66. The molecule has 1 aromatic heterocycles. The number of ether oxygens (including phenoxy) is 1. The fraction of sp³-hybridized carbons (Fsp3) is 0.333. The van der Waals surface area contributed by atoms with E-state index in [2.05, 4.69) is 28.3 Å². The Kier molecular flexibility index (Phi) is 4.86. The van der Waals surface area contributed by atoms with Crippen LogP contribution >= 0.6 is 0 Å². The predicted octanol–water partition coefficient (Wildman–Crippen LogP) is 2.57. The molecule has 0 spiro atoms. The lowest BCUT2D eigenvalue weighted by Gasteiger charge is -2.16. The first kappa shape index (κ1) is 13.5.